The number of anilines is 1. The van der Waals surface area contributed by atoms with Crippen LogP contribution in [-0.4, -0.2) is 95.2 Å². The molecule has 0 aliphatic carbocycles. The minimum atomic E-state index is -3.01. The predicted molar refractivity (Wildman–Crippen MR) is 94.8 cm³/mol. The van der Waals surface area contributed by atoms with Gasteiger partial charge in [0.05, 0.1) is 19.8 Å². The summed E-state index contributed by atoms with van der Waals surface area (Å²) in [6.45, 7) is 1.44. The third-order valence-electron chi connectivity index (χ3n) is 4.97. The van der Waals surface area contributed by atoms with Gasteiger partial charge in [-0.2, -0.15) is 15.0 Å². The smallest absolute Gasteiger partial charge is 0.322 e. The summed E-state index contributed by atoms with van der Waals surface area (Å²) in [5.74, 6) is -0.00470. The monoisotopic (exact) mass is 425 g/mol. The van der Waals surface area contributed by atoms with Gasteiger partial charge in [-0.15, -0.1) is 0 Å². The normalized spacial score (nSPS) is 30.5. The number of ether oxygens (including phenoxy) is 2. The summed E-state index contributed by atoms with van der Waals surface area (Å²) >= 11 is 5.96. The van der Waals surface area contributed by atoms with Crippen molar-refractivity contribution in [1.82, 2.24) is 19.9 Å². The zero-order valence-corrected chi connectivity index (χ0v) is 16.3. The van der Waals surface area contributed by atoms with Crippen molar-refractivity contribution in [2.24, 2.45) is 0 Å². The SMILES string of the molecule is C[C@H](Oc1nc(Cl)nc(N2CCOCC(O)(C(F)F)C2)n1)[C@@H]1C[C@@H](F)CN1C. The molecule has 3 heterocycles. The highest BCUT2D eigenvalue weighted by Crippen LogP contribution is 2.26. The number of nitrogens with zero attached hydrogens (tertiary/aromatic N) is 5. The van der Waals surface area contributed by atoms with Crippen molar-refractivity contribution in [1.29, 1.82) is 0 Å². The van der Waals surface area contributed by atoms with Crippen LogP contribution >= 0.6 is 11.6 Å². The van der Waals surface area contributed by atoms with E-state index in [0.29, 0.717) is 13.0 Å². The summed E-state index contributed by atoms with van der Waals surface area (Å²) < 4.78 is 50.9. The van der Waals surface area contributed by atoms with Gasteiger partial charge in [-0.25, -0.2) is 13.2 Å². The van der Waals surface area contributed by atoms with Crippen molar-refractivity contribution in [3.05, 3.63) is 5.28 Å². The molecular formula is C16H23ClF3N5O3. The third kappa shape index (κ3) is 4.76. The maximum Gasteiger partial charge on any atom is 0.322 e. The fraction of sp³-hybridized carbons (Fsp3) is 0.812. The van der Waals surface area contributed by atoms with E-state index in [1.165, 1.54) is 4.90 Å². The van der Waals surface area contributed by atoms with E-state index < -0.39 is 37.5 Å². The fourth-order valence-electron chi connectivity index (χ4n) is 3.46. The summed E-state index contributed by atoms with van der Waals surface area (Å²) in [6.07, 6.45) is -4.04. The van der Waals surface area contributed by atoms with Crippen molar-refractivity contribution in [3.8, 4) is 6.01 Å². The first-order chi connectivity index (χ1) is 13.2. The minimum Gasteiger partial charge on any atom is -0.459 e. The van der Waals surface area contributed by atoms with Gasteiger partial charge in [-0.05, 0) is 32.0 Å². The number of likely N-dealkylation sites (tertiary alicyclic amines) is 1. The number of likely N-dealkylation sites (N-methyl/N-ethyl adjacent to an activating group) is 1. The van der Waals surface area contributed by atoms with E-state index >= 15 is 0 Å². The Morgan fingerprint density at radius 2 is 2.11 bits per heavy atom. The molecule has 1 aromatic heterocycles. The molecule has 0 saturated carbocycles. The number of hydrogen-bond acceptors (Lipinski definition) is 8. The van der Waals surface area contributed by atoms with Gasteiger partial charge in [-0.3, -0.25) is 4.90 Å². The first kappa shape index (κ1) is 21.3. The maximum atomic E-state index is 13.6. The summed E-state index contributed by atoms with van der Waals surface area (Å²) in [5, 5.41) is 9.97. The number of hydrogen-bond donors (Lipinski definition) is 1. The van der Waals surface area contributed by atoms with Crippen LogP contribution in [0.3, 0.4) is 0 Å². The molecule has 3 rings (SSSR count). The standard InChI is InChI=1S/C16H23ClF3N5O3/c1-9(11-5-10(18)6-24(11)2)28-15-22-13(17)21-14(23-15)25-3-4-27-8-16(26,7-25)12(19)20/h9-12,26H,3-8H2,1-2H3/t9-,10+,11-,16?/m0/s1. The van der Waals surface area contributed by atoms with Crippen LogP contribution in [0.2, 0.25) is 5.28 Å². The lowest BCUT2D eigenvalue weighted by Gasteiger charge is -2.30. The van der Waals surface area contributed by atoms with Crippen molar-refractivity contribution in [3.63, 3.8) is 0 Å². The molecule has 1 N–H and O–H groups in total. The quantitative estimate of drug-likeness (QED) is 0.752. The van der Waals surface area contributed by atoms with Crippen LogP contribution in [0.5, 0.6) is 6.01 Å². The maximum absolute atomic E-state index is 13.6. The molecule has 0 aromatic carbocycles. The summed E-state index contributed by atoms with van der Waals surface area (Å²) in [7, 11) is 1.80. The highest BCUT2D eigenvalue weighted by atomic mass is 35.5. The number of rotatable bonds is 5. The lowest BCUT2D eigenvalue weighted by Crippen LogP contribution is -2.50. The minimum absolute atomic E-state index is 0.00470. The second kappa shape index (κ2) is 8.52. The van der Waals surface area contributed by atoms with Crippen molar-refractivity contribution in [2.75, 3.05) is 44.8 Å². The average Bonchev–Trinajstić information content (AvgIpc) is 2.82. The van der Waals surface area contributed by atoms with E-state index in [1.807, 2.05) is 4.90 Å². The molecule has 8 nitrogen and oxygen atoms in total. The highest BCUT2D eigenvalue weighted by molar-refractivity contribution is 6.28. The van der Waals surface area contributed by atoms with Gasteiger partial charge in [-0.1, -0.05) is 0 Å². The van der Waals surface area contributed by atoms with Crippen LogP contribution in [0.15, 0.2) is 0 Å². The Balaban J connectivity index is 1.77. The van der Waals surface area contributed by atoms with E-state index in [0.717, 1.165) is 0 Å². The number of alkyl halides is 3. The molecular weight excluding hydrogens is 403 g/mol. The van der Waals surface area contributed by atoms with E-state index in [1.54, 1.807) is 14.0 Å². The topological polar surface area (TPSA) is 83.8 Å². The van der Waals surface area contributed by atoms with Crippen LogP contribution in [0.25, 0.3) is 0 Å². The first-order valence-electron chi connectivity index (χ1n) is 8.93. The summed E-state index contributed by atoms with van der Waals surface area (Å²) in [5.41, 5.74) is -2.35. The zero-order chi connectivity index (χ0) is 20.5. The van der Waals surface area contributed by atoms with Crippen molar-refractivity contribution < 1.29 is 27.8 Å². The van der Waals surface area contributed by atoms with Crippen molar-refractivity contribution >= 4 is 17.5 Å². The molecule has 0 spiro atoms. The molecule has 0 amide bonds. The number of halogens is 4. The Morgan fingerprint density at radius 3 is 2.75 bits per heavy atom. The molecule has 158 valence electrons. The van der Waals surface area contributed by atoms with Gasteiger partial charge >= 0.3 is 6.01 Å². The van der Waals surface area contributed by atoms with Gasteiger partial charge in [0, 0.05) is 19.1 Å². The largest absolute Gasteiger partial charge is 0.459 e. The van der Waals surface area contributed by atoms with Gasteiger partial charge in [0.25, 0.3) is 6.43 Å². The number of aliphatic hydroxyl groups is 1. The molecule has 4 atom stereocenters. The molecule has 0 radical (unpaired) electrons. The molecule has 12 heteroatoms. The van der Waals surface area contributed by atoms with E-state index in [9.17, 15) is 18.3 Å². The van der Waals surface area contributed by atoms with Gasteiger partial charge in [0.15, 0.2) is 5.60 Å². The summed E-state index contributed by atoms with van der Waals surface area (Å²) in [6, 6.07) is -0.256. The van der Waals surface area contributed by atoms with E-state index in [-0.39, 0.29) is 36.4 Å². The molecule has 28 heavy (non-hydrogen) atoms. The van der Waals surface area contributed by atoms with Crippen LogP contribution < -0.4 is 9.64 Å². The predicted octanol–water partition coefficient (Wildman–Crippen LogP) is 1.17. The zero-order valence-electron chi connectivity index (χ0n) is 15.6. The van der Waals surface area contributed by atoms with Crippen LogP contribution in [-0.2, 0) is 4.74 Å². The molecule has 2 saturated heterocycles. The first-order valence-corrected chi connectivity index (χ1v) is 9.31. The Bertz CT molecular complexity index is 691. The Morgan fingerprint density at radius 1 is 1.36 bits per heavy atom. The highest BCUT2D eigenvalue weighted by Gasteiger charge is 2.42. The second-order valence-corrected chi connectivity index (χ2v) is 7.57. The van der Waals surface area contributed by atoms with Crippen LogP contribution in [0, 0.1) is 0 Å². The molecule has 1 aromatic rings. The second-order valence-electron chi connectivity index (χ2n) is 7.23. The van der Waals surface area contributed by atoms with Gasteiger partial charge in [0.2, 0.25) is 11.2 Å². The van der Waals surface area contributed by atoms with E-state index in [4.69, 9.17) is 21.1 Å². The Kier molecular flexibility index (Phi) is 6.47. The molecule has 2 fully saturated rings. The van der Waals surface area contributed by atoms with Crippen molar-refractivity contribution in [2.45, 2.75) is 43.7 Å². The van der Waals surface area contributed by atoms with Crippen LogP contribution in [0.4, 0.5) is 19.1 Å². The average molecular weight is 426 g/mol. The lowest BCUT2D eigenvalue weighted by atomic mass is 10.1. The number of β-amino-alcohol motifs (C(OH)–C–C–N with tert-alkyl or cyclic N) is 1. The molecule has 2 aliphatic heterocycles. The molecule has 1 unspecified atom stereocenters. The Labute approximate surface area is 165 Å². The van der Waals surface area contributed by atoms with E-state index in [2.05, 4.69) is 15.0 Å². The summed E-state index contributed by atoms with van der Waals surface area (Å²) in [4.78, 5) is 15.2. The van der Waals surface area contributed by atoms with Gasteiger partial charge < -0.3 is 19.5 Å². The van der Waals surface area contributed by atoms with Crippen LogP contribution in [0.1, 0.15) is 13.3 Å². The number of aromatic nitrogens is 3. The fourth-order valence-corrected chi connectivity index (χ4v) is 3.60. The van der Waals surface area contributed by atoms with Gasteiger partial charge in [0.1, 0.15) is 12.3 Å². The molecule has 0 bridgehead atoms. The third-order valence-corrected chi connectivity index (χ3v) is 5.14. The molecule has 2 aliphatic rings. The lowest BCUT2D eigenvalue weighted by molar-refractivity contribution is -0.123. The Hall–Kier alpha value is -1.43.